The van der Waals surface area contributed by atoms with Crippen LogP contribution in [0.3, 0.4) is 0 Å². The molecule has 0 saturated heterocycles. The van der Waals surface area contributed by atoms with Gasteiger partial charge in [-0.2, -0.15) is 0 Å². The number of hydrogen-bond donors (Lipinski definition) is 0. The first-order chi connectivity index (χ1) is 10.1. The lowest BCUT2D eigenvalue weighted by atomic mass is 10.0. The van der Waals surface area contributed by atoms with Gasteiger partial charge in [0.25, 0.3) is 0 Å². The van der Waals surface area contributed by atoms with E-state index in [0.717, 1.165) is 11.4 Å². The van der Waals surface area contributed by atoms with Gasteiger partial charge in [-0.05, 0) is 44.5 Å². The summed E-state index contributed by atoms with van der Waals surface area (Å²) in [5.74, 6) is 0. The summed E-state index contributed by atoms with van der Waals surface area (Å²) in [6.07, 6.45) is 0. The zero-order valence-corrected chi connectivity index (χ0v) is 12.7. The van der Waals surface area contributed by atoms with Crippen molar-refractivity contribution in [2.75, 3.05) is 0 Å². The van der Waals surface area contributed by atoms with Crippen LogP contribution in [0.2, 0.25) is 0 Å². The molecular formula is C20H19N. The molecule has 0 fully saturated rings. The first kappa shape index (κ1) is 13.6. The Morgan fingerprint density at radius 1 is 0.667 bits per heavy atom. The number of aryl methyl sites for hydroxylation is 3. The van der Waals surface area contributed by atoms with Crippen molar-refractivity contribution in [1.29, 1.82) is 0 Å². The molecule has 1 heteroatoms. The molecule has 0 bridgehead atoms. The van der Waals surface area contributed by atoms with Gasteiger partial charge in [-0.3, -0.25) is 0 Å². The Labute approximate surface area is 126 Å². The van der Waals surface area contributed by atoms with E-state index < -0.39 is 0 Å². The fraction of sp³-hybridized carbons (Fsp3) is 0.150. The summed E-state index contributed by atoms with van der Waals surface area (Å²) in [4.78, 5) is 4.89. The van der Waals surface area contributed by atoms with Crippen molar-refractivity contribution in [1.82, 2.24) is 4.98 Å². The summed E-state index contributed by atoms with van der Waals surface area (Å²) < 4.78 is 0. The van der Waals surface area contributed by atoms with Gasteiger partial charge in [0, 0.05) is 11.1 Å². The molecule has 0 atom stereocenters. The van der Waals surface area contributed by atoms with Gasteiger partial charge in [0.15, 0.2) is 0 Å². The highest BCUT2D eigenvalue weighted by molar-refractivity contribution is 5.69. The quantitative estimate of drug-likeness (QED) is 0.614. The SMILES string of the molecule is Cc1cccc(-c2ccc(C)c(-c3cccc(C)c3)n2)c1. The van der Waals surface area contributed by atoms with Crippen molar-refractivity contribution in [3.63, 3.8) is 0 Å². The lowest BCUT2D eigenvalue weighted by molar-refractivity contribution is 1.26. The summed E-state index contributed by atoms with van der Waals surface area (Å²) in [5.41, 5.74) is 8.17. The Morgan fingerprint density at radius 2 is 1.29 bits per heavy atom. The van der Waals surface area contributed by atoms with Gasteiger partial charge in [0.05, 0.1) is 11.4 Å². The van der Waals surface area contributed by atoms with E-state index in [-0.39, 0.29) is 0 Å². The summed E-state index contributed by atoms with van der Waals surface area (Å²) in [5, 5.41) is 0. The molecule has 1 nitrogen and oxygen atoms in total. The van der Waals surface area contributed by atoms with E-state index in [9.17, 15) is 0 Å². The van der Waals surface area contributed by atoms with Gasteiger partial charge in [-0.25, -0.2) is 4.98 Å². The molecule has 0 saturated carbocycles. The largest absolute Gasteiger partial charge is 0.248 e. The van der Waals surface area contributed by atoms with E-state index >= 15 is 0 Å². The normalized spacial score (nSPS) is 10.6. The predicted octanol–water partition coefficient (Wildman–Crippen LogP) is 5.34. The van der Waals surface area contributed by atoms with Crippen molar-refractivity contribution in [3.05, 3.63) is 77.4 Å². The molecule has 0 aliphatic rings. The Kier molecular flexibility index (Phi) is 3.57. The fourth-order valence-corrected chi connectivity index (χ4v) is 2.58. The number of pyridine rings is 1. The highest BCUT2D eigenvalue weighted by Gasteiger charge is 2.07. The zero-order chi connectivity index (χ0) is 14.8. The van der Waals surface area contributed by atoms with E-state index in [1.807, 2.05) is 0 Å². The van der Waals surface area contributed by atoms with Crippen LogP contribution in [0.15, 0.2) is 60.7 Å². The third-order valence-electron chi connectivity index (χ3n) is 3.70. The summed E-state index contributed by atoms with van der Waals surface area (Å²) >= 11 is 0. The number of rotatable bonds is 2. The minimum atomic E-state index is 1.03. The molecule has 3 aromatic rings. The number of benzene rings is 2. The maximum Gasteiger partial charge on any atom is 0.0738 e. The lowest BCUT2D eigenvalue weighted by Crippen LogP contribution is -1.92. The molecule has 0 N–H and O–H groups in total. The highest BCUT2D eigenvalue weighted by atomic mass is 14.7. The number of nitrogens with zero attached hydrogens (tertiary/aromatic N) is 1. The maximum absolute atomic E-state index is 4.89. The molecule has 0 radical (unpaired) electrons. The van der Waals surface area contributed by atoms with E-state index in [1.165, 1.54) is 27.8 Å². The number of hydrogen-bond acceptors (Lipinski definition) is 1. The van der Waals surface area contributed by atoms with Crippen molar-refractivity contribution in [3.8, 4) is 22.5 Å². The molecule has 2 aromatic carbocycles. The third-order valence-corrected chi connectivity index (χ3v) is 3.70. The molecule has 1 heterocycles. The standard InChI is InChI=1S/C20H19N/c1-14-6-4-8-17(12-14)19-11-10-16(3)20(21-19)18-9-5-7-15(2)13-18/h4-13H,1-3H3. The van der Waals surface area contributed by atoms with E-state index in [1.54, 1.807) is 0 Å². The second-order valence-corrected chi connectivity index (χ2v) is 5.60. The molecule has 0 spiro atoms. The fourth-order valence-electron chi connectivity index (χ4n) is 2.58. The van der Waals surface area contributed by atoms with Gasteiger partial charge in [0.1, 0.15) is 0 Å². The van der Waals surface area contributed by atoms with Crippen LogP contribution in [0, 0.1) is 20.8 Å². The van der Waals surface area contributed by atoms with E-state index in [4.69, 9.17) is 4.98 Å². The first-order valence-electron chi connectivity index (χ1n) is 7.25. The van der Waals surface area contributed by atoms with Crippen LogP contribution in [0.5, 0.6) is 0 Å². The molecule has 3 rings (SSSR count). The van der Waals surface area contributed by atoms with Crippen LogP contribution >= 0.6 is 0 Å². The van der Waals surface area contributed by atoms with Gasteiger partial charge >= 0.3 is 0 Å². The van der Waals surface area contributed by atoms with Crippen molar-refractivity contribution < 1.29 is 0 Å². The monoisotopic (exact) mass is 273 g/mol. The molecule has 0 aliphatic heterocycles. The van der Waals surface area contributed by atoms with Gasteiger partial charge in [0.2, 0.25) is 0 Å². The Hall–Kier alpha value is -2.41. The second kappa shape index (κ2) is 5.53. The van der Waals surface area contributed by atoms with Crippen LogP contribution in [-0.2, 0) is 0 Å². The van der Waals surface area contributed by atoms with Crippen LogP contribution in [0.4, 0.5) is 0 Å². The summed E-state index contributed by atoms with van der Waals surface area (Å²) in [6, 6.07) is 21.3. The van der Waals surface area contributed by atoms with Crippen molar-refractivity contribution >= 4 is 0 Å². The molecule has 0 amide bonds. The molecule has 21 heavy (non-hydrogen) atoms. The summed E-state index contributed by atoms with van der Waals surface area (Å²) in [7, 11) is 0. The van der Waals surface area contributed by atoms with Crippen LogP contribution in [-0.4, -0.2) is 4.98 Å². The second-order valence-electron chi connectivity index (χ2n) is 5.60. The Bertz CT molecular complexity index is 787. The average Bonchev–Trinajstić information content (AvgIpc) is 2.47. The smallest absolute Gasteiger partial charge is 0.0738 e. The topological polar surface area (TPSA) is 12.9 Å². The van der Waals surface area contributed by atoms with E-state index in [0.29, 0.717) is 0 Å². The molecular weight excluding hydrogens is 254 g/mol. The Balaban J connectivity index is 2.12. The lowest BCUT2D eigenvalue weighted by Gasteiger charge is -2.09. The highest BCUT2D eigenvalue weighted by Crippen LogP contribution is 2.26. The minimum Gasteiger partial charge on any atom is -0.248 e. The summed E-state index contributed by atoms with van der Waals surface area (Å²) in [6.45, 7) is 6.34. The molecule has 0 aliphatic carbocycles. The van der Waals surface area contributed by atoms with Crippen molar-refractivity contribution in [2.45, 2.75) is 20.8 Å². The van der Waals surface area contributed by atoms with Gasteiger partial charge in [-0.1, -0.05) is 53.6 Å². The minimum absolute atomic E-state index is 1.03. The molecule has 0 unspecified atom stereocenters. The van der Waals surface area contributed by atoms with Gasteiger partial charge in [-0.15, -0.1) is 0 Å². The van der Waals surface area contributed by atoms with Crippen LogP contribution < -0.4 is 0 Å². The maximum atomic E-state index is 4.89. The van der Waals surface area contributed by atoms with Gasteiger partial charge < -0.3 is 0 Å². The number of aromatic nitrogens is 1. The predicted molar refractivity (Wildman–Crippen MR) is 89.3 cm³/mol. The van der Waals surface area contributed by atoms with E-state index in [2.05, 4.69) is 81.4 Å². The first-order valence-corrected chi connectivity index (χ1v) is 7.25. The Morgan fingerprint density at radius 3 is 1.95 bits per heavy atom. The van der Waals surface area contributed by atoms with Crippen LogP contribution in [0.1, 0.15) is 16.7 Å². The molecule has 104 valence electrons. The zero-order valence-electron chi connectivity index (χ0n) is 12.7. The average molecular weight is 273 g/mol. The van der Waals surface area contributed by atoms with Crippen LogP contribution in [0.25, 0.3) is 22.5 Å². The third kappa shape index (κ3) is 2.87. The molecule has 1 aromatic heterocycles. The van der Waals surface area contributed by atoms with Crippen molar-refractivity contribution in [2.24, 2.45) is 0 Å².